The number of rotatable bonds is 4. The summed E-state index contributed by atoms with van der Waals surface area (Å²) < 4.78 is 39.0. The van der Waals surface area contributed by atoms with Gasteiger partial charge in [-0.25, -0.2) is 8.42 Å². The number of carbonyl (C=O) groups excluding carboxylic acids is 1. The summed E-state index contributed by atoms with van der Waals surface area (Å²) in [5.41, 5.74) is 2.02. The summed E-state index contributed by atoms with van der Waals surface area (Å²) >= 11 is 0. The van der Waals surface area contributed by atoms with Gasteiger partial charge in [-0.2, -0.15) is 4.31 Å². The minimum Gasteiger partial charge on any atom is -0.489 e. The van der Waals surface area contributed by atoms with Crippen LogP contribution < -0.4 is 10.1 Å². The van der Waals surface area contributed by atoms with Crippen LogP contribution >= 0.6 is 0 Å². The summed E-state index contributed by atoms with van der Waals surface area (Å²) in [5.74, 6) is 0.553. The number of carbonyl (C=O) groups is 1. The molecular formula is C23H28N2O5S. The third kappa shape index (κ3) is 4.20. The highest BCUT2D eigenvalue weighted by molar-refractivity contribution is 7.89. The summed E-state index contributed by atoms with van der Waals surface area (Å²) in [6, 6.07) is 11.8. The van der Waals surface area contributed by atoms with Gasteiger partial charge in [-0.05, 0) is 51.1 Å². The van der Waals surface area contributed by atoms with Gasteiger partial charge in [0, 0.05) is 30.3 Å². The minimum atomic E-state index is -3.62. The van der Waals surface area contributed by atoms with Crippen molar-refractivity contribution >= 4 is 21.6 Å². The average Bonchev–Trinajstić information content (AvgIpc) is 3.01. The Balaban J connectivity index is 1.50. The van der Waals surface area contributed by atoms with Crippen molar-refractivity contribution in [3.8, 4) is 5.75 Å². The molecule has 1 amide bonds. The van der Waals surface area contributed by atoms with Crippen LogP contribution in [0.1, 0.15) is 49.5 Å². The molecule has 2 aromatic carbocycles. The average molecular weight is 445 g/mol. The van der Waals surface area contributed by atoms with E-state index in [0.29, 0.717) is 30.1 Å². The molecule has 0 radical (unpaired) electrons. The predicted molar refractivity (Wildman–Crippen MR) is 118 cm³/mol. The van der Waals surface area contributed by atoms with Gasteiger partial charge in [-0.1, -0.05) is 19.1 Å². The number of amides is 1. The van der Waals surface area contributed by atoms with Gasteiger partial charge in [0.05, 0.1) is 22.7 Å². The van der Waals surface area contributed by atoms with Gasteiger partial charge < -0.3 is 14.8 Å². The molecule has 1 fully saturated rings. The van der Waals surface area contributed by atoms with E-state index < -0.39 is 10.0 Å². The van der Waals surface area contributed by atoms with Crippen LogP contribution in [0, 0.1) is 0 Å². The monoisotopic (exact) mass is 444 g/mol. The van der Waals surface area contributed by atoms with Crippen molar-refractivity contribution in [2.45, 2.75) is 56.8 Å². The van der Waals surface area contributed by atoms with Crippen LogP contribution in [0.5, 0.6) is 5.75 Å². The molecule has 0 unspecified atom stereocenters. The summed E-state index contributed by atoms with van der Waals surface area (Å²) in [4.78, 5) is 13.0. The Hall–Kier alpha value is -2.42. The third-order valence-electron chi connectivity index (χ3n) is 5.92. The molecule has 166 valence electrons. The number of anilines is 1. The maximum absolute atomic E-state index is 13.0. The number of benzene rings is 2. The van der Waals surface area contributed by atoms with E-state index in [1.807, 2.05) is 32.9 Å². The SMILES string of the molecule is C[C@@H]1CN(S(=O)(=O)c2ccc(NC(=O)c3cccc4c3O[C@H](C)[C@@H]4C)cc2)C[C@@H](C)O1. The molecule has 0 spiro atoms. The number of fused-ring (bicyclic) bond motifs is 1. The topological polar surface area (TPSA) is 84.9 Å². The zero-order chi connectivity index (χ0) is 22.3. The maximum Gasteiger partial charge on any atom is 0.259 e. The quantitative estimate of drug-likeness (QED) is 0.779. The van der Waals surface area contributed by atoms with Crippen molar-refractivity contribution in [3.63, 3.8) is 0 Å². The third-order valence-corrected chi connectivity index (χ3v) is 7.77. The molecule has 2 heterocycles. The van der Waals surface area contributed by atoms with E-state index in [-0.39, 0.29) is 35.0 Å². The van der Waals surface area contributed by atoms with Crippen LogP contribution in [0.15, 0.2) is 47.4 Å². The summed E-state index contributed by atoms with van der Waals surface area (Å²) in [5, 5.41) is 2.84. The van der Waals surface area contributed by atoms with E-state index >= 15 is 0 Å². The number of hydrogen-bond acceptors (Lipinski definition) is 5. The van der Waals surface area contributed by atoms with Gasteiger partial charge in [0.15, 0.2) is 0 Å². The lowest BCUT2D eigenvalue weighted by molar-refractivity contribution is -0.0440. The van der Waals surface area contributed by atoms with E-state index in [1.165, 1.54) is 16.4 Å². The smallest absolute Gasteiger partial charge is 0.259 e. The first-order valence-corrected chi connectivity index (χ1v) is 12.0. The second-order valence-corrected chi connectivity index (χ2v) is 10.3. The summed E-state index contributed by atoms with van der Waals surface area (Å²) in [6.07, 6.45) is -0.297. The summed E-state index contributed by atoms with van der Waals surface area (Å²) in [7, 11) is -3.62. The van der Waals surface area contributed by atoms with E-state index in [4.69, 9.17) is 9.47 Å². The van der Waals surface area contributed by atoms with Crippen molar-refractivity contribution in [3.05, 3.63) is 53.6 Å². The Labute approximate surface area is 183 Å². The van der Waals surface area contributed by atoms with E-state index in [2.05, 4.69) is 12.2 Å². The van der Waals surface area contributed by atoms with Crippen LogP contribution in [0.25, 0.3) is 0 Å². The molecule has 0 saturated carbocycles. The van der Waals surface area contributed by atoms with Crippen molar-refractivity contribution in [2.24, 2.45) is 0 Å². The van der Waals surface area contributed by atoms with E-state index in [0.717, 1.165) is 5.56 Å². The van der Waals surface area contributed by atoms with Gasteiger partial charge in [0.2, 0.25) is 10.0 Å². The molecule has 7 nitrogen and oxygen atoms in total. The fourth-order valence-corrected chi connectivity index (χ4v) is 5.74. The Bertz CT molecular complexity index is 1070. The number of sulfonamides is 1. The van der Waals surface area contributed by atoms with Gasteiger partial charge >= 0.3 is 0 Å². The molecule has 1 N–H and O–H groups in total. The molecule has 8 heteroatoms. The Morgan fingerprint density at radius 3 is 2.29 bits per heavy atom. The van der Waals surface area contributed by atoms with Crippen LogP contribution in [-0.4, -0.2) is 50.0 Å². The fourth-order valence-electron chi connectivity index (χ4n) is 4.15. The summed E-state index contributed by atoms with van der Waals surface area (Å²) in [6.45, 7) is 8.43. The van der Waals surface area contributed by atoms with E-state index in [1.54, 1.807) is 18.2 Å². The van der Waals surface area contributed by atoms with Crippen molar-refractivity contribution in [1.82, 2.24) is 4.31 Å². The van der Waals surface area contributed by atoms with Crippen LogP contribution in [0.3, 0.4) is 0 Å². The first-order valence-electron chi connectivity index (χ1n) is 10.5. The zero-order valence-corrected chi connectivity index (χ0v) is 19.0. The van der Waals surface area contributed by atoms with Gasteiger partial charge in [0.25, 0.3) is 5.91 Å². The molecule has 31 heavy (non-hydrogen) atoms. The lowest BCUT2D eigenvalue weighted by Gasteiger charge is -2.34. The molecule has 0 aromatic heterocycles. The molecule has 2 aromatic rings. The maximum atomic E-state index is 13.0. The lowest BCUT2D eigenvalue weighted by Crippen LogP contribution is -2.48. The Morgan fingerprint density at radius 2 is 1.65 bits per heavy atom. The van der Waals surface area contributed by atoms with E-state index in [9.17, 15) is 13.2 Å². The van der Waals surface area contributed by atoms with Crippen LogP contribution in [0.2, 0.25) is 0 Å². The first-order chi connectivity index (χ1) is 14.7. The highest BCUT2D eigenvalue weighted by Crippen LogP contribution is 2.40. The van der Waals surface area contributed by atoms with Crippen LogP contribution in [0.4, 0.5) is 5.69 Å². The van der Waals surface area contributed by atoms with Crippen molar-refractivity contribution in [1.29, 1.82) is 0 Å². The largest absolute Gasteiger partial charge is 0.489 e. The van der Waals surface area contributed by atoms with Gasteiger partial charge in [0.1, 0.15) is 11.9 Å². The number of ether oxygens (including phenoxy) is 2. The standard InChI is InChI=1S/C23H28N2O5S/c1-14-12-25(13-15(2)29-14)31(27,28)19-10-8-18(9-11-19)24-23(26)21-7-5-6-20-16(3)17(4)30-22(20)21/h5-11,14-17H,12-13H2,1-4H3,(H,24,26)/t14-,15-,16+,17-/m1/s1. The molecule has 4 rings (SSSR count). The normalized spacial score (nSPS) is 26.2. The first kappa shape index (κ1) is 21.8. The highest BCUT2D eigenvalue weighted by Gasteiger charge is 2.33. The molecular weight excluding hydrogens is 416 g/mol. The van der Waals surface area contributed by atoms with Gasteiger partial charge in [-0.3, -0.25) is 4.79 Å². The predicted octanol–water partition coefficient (Wildman–Crippen LogP) is 3.62. The second-order valence-electron chi connectivity index (χ2n) is 8.39. The molecule has 0 bridgehead atoms. The van der Waals surface area contributed by atoms with Gasteiger partial charge in [-0.15, -0.1) is 0 Å². The number of morpholine rings is 1. The molecule has 2 aliphatic heterocycles. The highest BCUT2D eigenvalue weighted by atomic mass is 32.2. The Kier molecular flexibility index (Phi) is 5.81. The molecule has 2 aliphatic rings. The van der Waals surface area contributed by atoms with Crippen molar-refractivity contribution in [2.75, 3.05) is 18.4 Å². The fraction of sp³-hybridized carbons (Fsp3) is 0.435. The zero-order valence-electron chi connectivity index (χ0n) is 18.2. The molecule has 1 saturated heterocycles. The number of nitrogens with zero attached hydrogens (tertiary/aromatic N) is 1. The number of nitrogens with one attached hydrogen (secondary N) is 1. The van der Waals surface area contributed by atoms with Crippen molar-refractivity contribution < 1.29 is 22.7 Å². The van der Waals surface area contributed by atoms with Crippen LogP contribution in [-0.2, 0) is 14.8 Å². The number of para-hydroxylation sites is 1. The molecule has 0 aliphatic carbocycles. The molecule has 4 atom stereocenters. The number of hydrogen-bond donors (Lipinski definition) is 1. The lowest BCUT2D eigenvalue weighted by atomic mass is 9.97. The second kappa shape index (κ2) is 8.26. The Morgan fingerprint density at radius 1 is 1.00 bits per heavy atom. The minimum absolute atomic E-state index is 0.0130.